The van der Waals surface area contributed by atoms with Crippen molar-refractivity contribution in [2.24, 2.45) is 0 Å². The molecule has 88 valence electrons. The van der Waals surface area contributed by atoms with Gasteiger partial charge in [0, 0.05) is 6.61 Å². The molecule has 1 atom stereocenters. The maximum atomic E-state index is 11.1. The molecule has 0 saturated heterocycles. The quantitative estimate of drug-likeness (QED) is 0.726. The fraction of sp³-hybridized carbons (Fsp3) is 0.462. The van der Waals surface area contributed by atoms with E-state index in [1.807, 2.05) is 31.2 Å². The summed E-state index contributed by atoms with van der Waals surface area (Å²) in [5, 5.41) is 17.8. The average Bonchev–Trinajstić information content (AvgIpc) is 2.26. The summed E-state index contributed by atoms with van der Waals surface area (Å²) in [6.45, 7) is 2.10. The zero-order chi connectivity index (χ0) is 12.0. The molecule has 0 radical (unpaired) electrons. The van der Waals surface area contributed by atoms with Crippen molar-refractivity contribution in [3.63, 3.8) is 0 Å². The van der Waals surface area contributed by atoms with Crippen molar-refractivity contribution < 1.29 is 15.0 Å². The zero-order valence-electron chi connectivity index (χ0n) is 9.52. The van der Waals surface area contributed by atoms with Crippen LogP contribution in [0.5, 0.6) is 0 Å². The van der Waals surface area contributed by atoms with Crippen molar-refractivity contribution in [2.75, 3.05) is 6.61 Å². The first-order valence-corrected chi connectivity index (χ1v) is 5.55. The van der Waals surface area contributed by atoms with Gasteiger partial charge in [-0.1, -0.05) is 29.8 Å². The fourth-order valence-corrected chi connectivity index (χ4v) is 1.69. The van der Waals surface area contributed by atoms with Gasteiger partial charge in [0.1, 0.15) is 0 Å². The number of aryl methyl sites for hydroxylation is 1. The molecule has 2 N–H and O–H groups in total. The molecular weight excluding hydrogens is 204 g/mol. The Morgan fingerprint density at radius 2 is 1.88 bits per heavy atom. The van der Waals surface area contributed by atoms with Crippen LogP contribution in [0.15, 0.2) is 24.3 Å². The van der Waals surface area contributed by atoms with Gasteiger partial charge in [-0.2, -0.15) is 0 Å². The minimum absolute atomic E-state index is 0.125. The highest BCUT2D eigenvalue weighted by molar-refractivity contribution is 5.76. The van der Waals surface area contributed by atoms with E-state index in [2.05, 4.69) is 0 Å². The smallest absolute Gasteiger partial charge is 0.310 e. The fourth-order valence-electron chi connectivity index (χ4n) is 1.69. The van der Waals surface area contributed by atoms with Gasteiger partial charge in [-0.05, 0) is 31.7 Å². The van der Waals surface area contributed by atoms with Gasteiger partial charge in [0.2, 0.25) is 0 Å². The van der Waals surface area contributed by atoms with Crippen LogP contribution < -0.4 is 0 Å². The molecule has 3 heteroatoms. The van der Waals surface area contributed by atoms with E-state index in [1.165, 1.54) is 0 Å². The van der Waals surface area contributed by atoms with Crippen molar-refractivity contribution in [1.29, 1.82) is 0 Å². The Hall–Kier alpha value is -1.35. The average molecular weight is 222 g/mol. The van der Waals surface area contributed by atoms with Crippen molar-refractivity contribution >= 4 is 5.97 Å². The Labute approximate surface area is 95.7 Å². The number of hydrogen-bond donors (Lipinski definition) is 2. The zero-order valence-corrected chi connectivity index (χ0v) is 9.52. The lowest BCUT2D eigenvalue weighted by atomic mass is 9.93. The van der Waals surface area contributed by atoms with Crippen LogP contribution in [0.2, 0.25) is 0 Å². The number of rotatable bonds is 6. The van der Waals surface area contributed by atoms with E-state index < -0.39 is 11.9 Å². The van der Waals surface area contributed by atoms with Crippen LogP contribution in [0.1, 0.15) is 36.3 Å². The molecule has 1 aromatic rings. The highest BCUT2D eigenvalue weighted by Gasteiger charge is 2.18. The molecule has 0 amide bonds. The maximum Gasteiger partial charge on any atom is 0.310 e. The molecule has 1 unspecified atom stereocenters. The molecule has 16 heavy (non-hydrogen) atoms. The van der Waals surface area contributed by atoms with Gasteiger partial charge < -0.3 is 10.2 Å². The van der Waals surface area contributed by atoms with Gasteiger partial charge in [0.15, 0.2) is 0 Å². The second-order valence-electron chi connectivity index (χ2n) is 4.02. The molecule has 0 saturated carbocycles. The Kier molecular flexibility index (Phi) is 4.99. The highest BCUT2D eigenvalue weighted by atomic mass is 16.4. The van der Waals surface area contributed by atoms with E-state index in [4.69, 9.17) is 10.2 Å². The normalized spacial score (nSPS) is 12.4. The molecule has 0 aliphatic rings. The molecule has 0 aromatic heterocycles. The summed E-state index contributed by atoms with van der Waals surface area (Å²) in [5.74, 6) is -1.24. The number of carboxylic acid groups (broad SMARTS) is 1. The highest BCUT2D eigenvalue weighted by Crippen LogP contribution is 2.22. The lowest BCUT2D eigenvalue weighted by Crippen LogP contribution is -2.11. The third kappa shape index (κ3) is 3.66. The molecule has 1 rings (SSSR count). The van der Waals surface area contributed by atoms with Gasteiger partial charge in [-0.25, -0.2) is 0 Å². The number of benzene rings is 1. The van der Waals surface area contributed by atoms with Gasteiger partial charge in [0.25, 0.3) is 0 Å². The second-order valence-corrected chi connectivity index (χ2v) is 4.02. The number of unbranched alkanes of at least 4 members (excludes halogenated alkanes) is 1. The van der Waals surface area contributed by atoms with Crippen LogP contribution in [-0.2, 0) is 4.79 Å². The minimum Gasteiger partial charge on any atom is -0.481 e. The van der Waals surface area contributed by atoms with E-state index in [9.17, 15) is 4.79 Å². The van der Waals surface area contributed by atoms with E-state index >= 15 is 0 Å². The van der Waals surface area contributed by atoms with Crippen LogP contribution in [0, 0.1) is 6.92 Å². The predicted molar refractivity (Wildman–Crippen MR) is 62.5 cm³/mol. The number of aliphatic hydroxyl groups excluding tert-OH is 1. The van der Waals surface area contributed by atoms with Gasteiger partial charge >= 0.3 is 5.97 Å². The summed E-state index contributed by atoms with van der Waals surface area (Å²) >= 11 is 0. The topological polar surface area (TPSA) is 57.5 Å². The Bertz CT molecular complexity index is 330. The van der Waals surface area contributed by atoms with E-state index in [0.717, 1.165) is 17.5 Å². The van der Waals surface area contributed by atoms with Crippen molar-refractivity contribution in [2.45, 2.75) is 32.1 Å². The second kappa shape index (κ2) is 6.28. The monoisotopic (exact) mass is 222 g/mol. The summed E-state index contributed by atoms with van der Waals surface area (Å²) in [6, 6.07) is 7.59. The number of hydrogen-bond acceptors (Lipinski definition) is 2. The predicted octanol–water partition coefficient (Wildman–Crippen LogP) is 2.33. The largest absolute Gasteiger partial charge is 0.481 e. The molecule has 0 heterocycles. The minimum atomic E-state index is -0.790. The number of carboxylic acids is 1. The summed E-state index contributed by atoms with van der Waals surface area (Å²) in [5.41, 5.74) is 1.97. The summed E-state index contributed by atoms with van der Waals surface area (Å²) in [4.78, 5) is 11.1. The van der Waals surface area contributed by atoms with E-state index in [1.54, 1.807) is 0 Å². The van der Waals surface area contributed by atoms with Crippen molar-refractivity contribution in [3.8, 4) is 0 Å². The first kappa shape index (κ1) is 12.7. The molecule has 0 spiro atoms. The maximum absolute atomic E-state index is 11.1. The van der Waals surface area contributed by atoms with Crippen molar-refractivity contribution in [3.05, 3.63) is 35.4 Å². The lowest BCUT2D eigenvalue weighted by Gasteiger charge is -2.12. The molecule has 0 aliphatic carbocycles. The molecular formula is C13H18O3. The van der Waals surface area contributed by atoms with Gasteiger partial charge in [0.05, 0.1) is 5.92 Å². The molecule has 3 nitrogen and oxygen atoms in total. The van der Waals surface area contributed by atoms with Crippen LogP contribution in [-0.4, -0.2) is 22.8 Å². The van der Waals surface area contributed by atoms with Crippen molar-refractivity contribution in [1.82, 2.24) is 0 Å². The Morgan fingerprint density at radius 3 is 2.38 bits per heavy atom. The number of aliphatic hydroxyl groups is 1. The van der Waals surface area contributed by atoms with E-state index in [0.29, 0.717) is 12.8 Å². The van der Waals surface area contributed by atoms with Crippen LogP contribution in [0.25, 0.3) is 0 Å². The Balaban J connectivity index is 2.69. The summed E-state index contributed by atoms with van der Waals surface area (Å²) < 4.78 is 0. The standard InChI is InChI=1S/C13H18O3/c1-10-5-7-11(8-6-10)12(13(15)16)4-2-3-9-14/h5-8,12,14H,2-4,9H2,1H3,(H,15,16). The molecule has 0 aliphatic heterocycles. The van der Waals surface area contributed by atoms with Crippen LogP contribution >= 0.6 is 0 Å². The summed E-state index contributed by atoms with van der Waals surface area (Å²) in [6.07, 6.45) is 1.98. The lowest BCUT2D eigenvalue weighted by molar-refractivity contribution is -0.139. The van der Waals surface area contributed by atoms with Crippen LogP contribution in [0.3, 0.4) is 0 Å². The third-order valence-corrected chi connectivity index (χ3v) is 2.68. The molecule has 0 bridgehead atoms. The first-order chi connectivity index (χ1) is 7.65. The third-order valence-electron chi connectivity index (χ3n) is 2.68. The van der Waals surface area contributed by atoms with Crippen LogP contribution in [0.4, 0.5) is 0 Å². The number of aliphatic carboxylic acids is 1. The number of carbonyl (C=O) groups is 1. The van der Waals surface area contributed by atoms with Gasteiger partial charge in [-0.15, -0.1) is 0 Å². The van der Waals surface area contributed by atoms with E-state index in [-0.39, 0.29) is 6.61 Å². The first-order valence-electron chi connectivity index (χ1n) is 5.55. The molecule has 1 aromatic carbocycles. The Morgan fingerprint density at radius 1 is 1.25 bits per heavy atom. The summed E-state index contributed by atoms with van der Waals surface area (Å²) in [7, 11) is 0. The van der Waals surface area contributed by atoms with Gasteiger partial charge in [-0.3, -0.25) is 4.79 Å². The molecule has 0 fully saturated rings. The SMILES string of the molecule is Cc1ccc(C(CCCCO)C(=O)O)cc1.